The molecule has 0 radical (unpaired) electrons. The highest BCUT2D eigenvalue weighted by Gasteiger charge is 2.08. The number of aliphatic carboxylic acids is 1. The summed E-state index contributed by atoms with van der Waals surface area (Å²) >= 11 is 0. The minimum Gasteiger partial charge on any atom is -0.478 e. The van der Waals surface area contributed by atoms with Crippen molar-refractivity contribution in [3.05, 3.63) is 59.7 Å². The van der Waals surface area contributed by atoms with E-state index in [2.05, 4.69) is 15.3 Å². The van der Waals surface area contributed by atoms with E-state index in [-0.39, 0.29) is 11.6 Å². The highest BCUT2D eigenvalue weighted by molar-refractivity contribution is 6.03. The fraction of sp³-hybridized carbons (Fsp3) is 0.0667. The van der Waals surface area contributed by atoms with Crippen molar-refractivity contribution >= 4 is 23.6 Å². The third-order valence-electron chi connectivity index (χ3n) is 2.71. The number of carbonyl (C=O) groups excluding carboxylic acids is 1. The van der Waals surface area contributed by atoms with E-state index in [1.807, 2.05) is 6.92 Å². The van der Waals surface area contributed by atoms with Crippen molar-refractivity contribution in [2.45, 2.75) is 6.92 Å². The summed E-state index contributed by atoms with van der Waals surface area (Å²) in [6.45, 7) is 1.84. The maximum absolute atomic E-state index is 12.0. The van der Waals surface area contributed by atoms with Crippen LogP contribution in [0.15, 0.2) is 42.9 Å². The van der Waals surface area contributed by atoms with Crippen LogP contribution in [-0.2, 0) is 4.79 Å². The second kappa shape index (κ2) is 6.42. The zero-order valence-electron chi connectivity index (χ0n) is 11.3. The molecule has 106 valence electrons. The second-order valence-electron chi connectivity index (χ2n) is 4.29. The molecule has 0 unspecified atom stereocenters. The Morgan fingerprint density at radius 2 is 2.05 bits per heavy atom. The predicted octanol–water partition coefficient (Wildman–Crippen LogP) is 2.14. The Balaban J connectivity index is 2.10. The zero-order chi connectivity index (χ0) is 15.2. The third-order valence-corrected chi connectivity index (χ3v) is 2.71. The van der Waals surface area contributed by atoms with Gasteiger partial charge >= 0.3 is 5.97 Å². The normalized spacial score (nSPS) is 10.5. The lowest BCUT2D eigenvalue weighted by molar-refractivity contribution is -0.131. The number of hydrogen-bond donors (Lipinski definition) is 2. The first-order chi connectivity index (χ1) is 10.1. The number of carboxylic acid groups (broad SMARTS) is 1. The first-order valence-electron chi connectivity index (χ1n) is 6.15. The summed E-state index contributed by atoms with van der Waals surface area (Å²) in [6, 6.07) is 4.87. The van der Waals surface area contributed by atoms with Crippen molar-refractivity contribution in [2.24, 2.45) is 0 Å². The molecule has 21 heavy (non-hydrogen) atoms. The number of carboxylic acids is 1. The Bertz CT molecular complexity index is 694. The van der Waals surface area contributed by atoms with Crippen LogP contribution in [-0.4, -0.2) is 27.0 Å². The number of aromatic nitrogens is 2. The van der Waals surface area contributed by atoms with E-state index in [0.29, 0.717) is 11.3 Å². The Kier molecular flexibility index (Phi) is 4.40. The molecule has 0 aliphatic rings. The van der Waals surface area contributed by atoms with Crippen LogP contribution in [0.5, 0.6) is 0 Å². The van der Waals surface area contributed by atoms with E-state index in [1.54, 1.807) is 24.5 Å². The molecule has 0 aliphatic carbocycles. The molecule has 1 amide bonds. The van der Waals surface area contributed by atoms with E-state index in [9.17, 15) is 9.59 Å². The van der Waals surface area contributed by atoms with Crippen LogP contribution in [0.3, 0.4) is 0 Å². The first-order valence-corrected chi connectivity index (χ1v) is 6.15. The van der Waals surface area contributed by atoms with Gasteiger partial charge in [0.05, 0.1) is 0 Å². The number of pyridine rings is 2. The number of aryl methyl sites for hydroxylation is 1. The molecular formula is C15H13N3O3. The smallest absolute Gasteiger partial charge is 0.328 e. The van der Waals surface area contributed by atoms with Crippen LogP contribution < -0.4 is 5.32 Å². The molecule has 6 nitrogen and oxygen atoms in total. The monoisotopic (exact) mass is 283 g/mol. The molecule has 2 aromatic rings. The van der Waals surface area contributed by atoms with Gasteiger partial charge in [-0.05, 0) is 36.3 Å². The summed E-state index contributed by atoms with van der Waals surface area (Å²) in [6.07, 6.45) is 7.10. The van der Waals surface area contributed by atoms with Crippen molar-refractivity contribution in [1.29, 1.82) is 0 Å². The van der Waals surface area contributed by atoms with Gasteiger partial charge in [0.1, 0.15) is 5.69 Å². The van der Waals surface area contributed by atoms with Gasteiger partial charge in [-0.1, -0.05) is 6.07 Å². The summed E-state index contributed by atoms with van der Waals surface area (Å²) in [4.78, 5) is 30.4. The Hall–Kier alpha value is -3.02. The van der Waals surface area contributed by atoms with Gasteiger partial charge < -0.3 is 10.4 Å². The van der Waals surface area contributed by atoms with Crippen LogP contribution in [0.25, 0.3) is 6.08 Å². The maximum Gasteiger partial charge on any atom is 0.328 e. The van der Waals surface area contributed by atoms with E-state index < -0.39 is 5.97 Å². The van der Waals surface area contributed by atoms with E-state index in [0.717, 1.165) is 11.6 Å². The minimum atomic E-state index is -1.04. The van der Waals surface area contributed by atoms with Crippen LogP contribution in [0.2, 0.25) is 0 Å². The molecule has 6 heteroatoms. The average molecular weight is 283 g/mol. The molecule has 0 bridgehead atoms. The molecule has 0 aromatic carbocycles. The number of rotatable bonds is 4. The lowest BCUT2D eigenvalue weighted by Gasteiger charge is -2.07. The lowest BCUT2D eigenvalue weighted by Crippen LogP contribution is -2.14. The molecule has 0 saturated heterocycles. The van der Waals surface area contributed by atoms with E-state index >= 15 is 0 Å². The number of amides is 1. The molecule has 2 N–H and O–H groups in total. The third kappa shape index (κ3) is 3.97. The number of hydrogen-bond acceptors (Lipinski definition) is 4. The fourth-order valence-electron chi connectivity index (χ4n) is 1.61. The molecule has 0 spiro atoms. The summed E-state index contributed by atoms with van der Waals surface area (Å²) in [5.74, 6) is -1.37. The standard InChI is InChI=1S/C15H13N3O3/c1-10-8-16-7-6-12(10)18-15(21)13-4-2-11(9-17-13)3-5-14(19)20/h2-9H,1H3,(H,19,20)(H,16,18,21). The van der Waals surface area contributed by atoms with Crippen LogP contribution in [0, 0.1) is 6.92 Å². The van der Waals surface area contributed by atoms with Gasteiger partial charge in [-0.25, -0.2) is 4.79 Å². The van der Waals surface area contributed by atoms with Gasteiger partial charge in [-0.3, -0.25) is 14.8 Å². The molecule has 0 fully saturated rings. The molecule has 0 saturated carbocycles. The maximum atomic E-state index is 12.0. The van der Waals surface area contributed by atoms with Gasteiger partial charge in [-0.2, -0.15) is 0 Å². The summed E-state index contributed by atoms with van der Waals surface area (Å²) in [5, 5.41) is 11.3. The number of nitrogens with one attached hydrogen (secondary N) is 1. The fourth-order valence-corrected chi connectivity index (χ4v) is 1.61. The second-order valence-corrected chi connectivity index (χ2v) is 4.29. The summed E-state index contributed by atoms with van der Waals surface area (Å²) in [7, 11) is 0. The SMILES string of the molecule is Cc1cnccc1NC(=O)c1ccc(C=CC(=O)O)cn1. The van der Waals surface area contributed by atoms with E-state index in [4.69, 9.17) is 5.11 Å². The molecule has 2 rings (SSSR count). The predicted molar refractivity (Wildman–Crippen MR) is 77.8 cm³/mol. The number of carbonyl (C=O) groups is 2. The number of anilines is 1. The summed E-state index contributed by atoms with van der Waals surface area (Å²) in [5.41, 5.74) is 2.38. The molecular weight excluding hydrogens is 270 g/mol. The van der Waals surface area contributed by atoms with E-state index in [1.165, 1.54) is 18.3 Å². The highest BCUT2D eigenvalue weighted by Crippen LogP contribution is 2.13. The van der Waals surface area contributed by atoms with Crippen LogP contribution >= 0.6 is 0 Å². The molecule has 2 aromatic heterocycles. The van der Waals surface area contributed by atoms with Crippen LogP contribution in [0.1, 0.15) is 21.6 Å². The zero-order valence-corrected chi connectivity index (χ0v) is 11.3. The molecule has 0 aliphatic heterocycles. The molecule has 0 atom stereocenters. The summed E-state index contributed by atoms with van der Waals surface area (Å²) < 4.78 is 0. The quantitative estimate of drug-likeness (QED) is 0.839. The first kappa shape index (κ1) is 14.4. The highest BCUT2D eigenvalue weighted by atomic mass is 16.4. The van der Waals surface area contributed by atoms with Gasteiger partial charge in [0.15, 0.2) is 0 Å². The van der Waals surface area contributed by atoms with Gasteiger partial charge in [0.2, 0.25) is 0 Å². The Morgan fingerprint density at radius 3 is 2.67 bits per heavy atom. The topological polar surface area (TPSA) is 92.2 Å². The van der Waals surface area contributed by atoms with Crippen molar-refractivity contribution < 1.29 is 14.7 Å². The van der Waals surface area contributed by atoms with Crippen molar-refractivity contribution in [2.75, 3.05) is 5.32 Å². The largest absolute Gasteiger partial charge is 0.478 e. The Labute approximate surface area is 121 Å². The Morgan fingerprint density at radius 1 is 1.24 bits per heavy atom. The molecule has 2 heterocycles. The van der Waals surface area contributed by atoms with Crippen LogP contribution in [0.4, 0.5) is 5.69 Å². The average Bonchev–Trinajstić information content (AvgIpc) is 2.48. The number of nitrogens with zero attached hydrogens (tertiary/aromatic N) is 2. The van der Waals surface area contributed by atoms with Crippen molar-refractivity contribution in [3.63, 3.8) is 0 Å². The van der Waals surface area contributed by atoms with Gasteiger partial charge in [0.25, 0.3) is 5.91 Å². The van der Waals surface area contributed by atoms with Crippen molar-refractivity contribution in [1.82, 2.24) is 9.97 Å². The van der Waals surface area contributed by atoms with Gasteiger partial charge in [0, 0.05) is 30.4 Å². The lowest BCUT2D eigenvalue weighted by atomic mass is 10.2. The van der Waals surface area contributed by atoms with Crippen molar-refractivity contribution in [3.8, 4) is 0 Å². The minimum absolute atomic E-state index is 0.249. The van der Waals surface area contributed by atoms with Gasteiger partial charge in [-0.15, -0.1) is 0 Å².